The van der Waals surface area contributed by atoms with Crippen LogP contribution in [0, 0.1) is 0 Å². The van der Waals surface area contributed by atoms with E-state index in [1.807, 2.05) is 0 Å². The second-order valence-corrected chi connectivity index (χ2v) is 6.11. The van der Waals surface area contributed by atoms with Gasteiger partial charge in [-0.1, -0.05) is 29.3 Å². The molecule has 3 aromatic rings. The summed E-state index contributed by atoms with van der Waals surface area (Å²) >= 11 is 11.5. The molecule has 0 saturated heterocycles. The first-order valence-corrected chi connectivity index (χ1v) is 7.80. The first-order chi connectivity index (χ1) is 12.2. The number of pyridine rings is 1. The van der Waals surface area contributed by atoms with Gasteiger partial charge in [0.15, 0.2) is 0 Å². The zero-order chi connectivity index (χ0) is 19.1. The Morgan fingerprint density at radius 2 is 1.85 bits per heavy atom. The Hall–Kier alpha value is -2.58. The van der Waals surface area contributed by atoms with E-state index in [-0.39, 0.29) is 33.2 Å². The number of H-pyrrole nitrogens is 1. The van der Waals surface area contributed by atoms with Crippen molar-refractivity contribution < 1.29 is 18.0 Å². The molecule has 134 valence electrons. The molecule has 0 fully saturated rings. The summed E-state index contributed by atoms with van der Waals surface area (Å²) < 4.78 is 39.2. The molecule has 0 aliphatic rings. The van der Waals surface area contributed by atoms with Gasteiger partial charge in [-0.2, -0.15) is 18.3 Å². The van der Waals surface area contributed by atoms with Crippen molar-refractivity contribution in [3.8, 4) is 11.3 Å². The number of nitrogens with zero attached hydrogens (tertiary/aromatic N) is 2. The van der Waals surface area contributed by atoms with Gasteiger partial charge in [-0.05, 0) is 18.2 Å². The molecule has 3 N–H and O–H groups in total. The molecule has 26 heavy (non-hydrogen) atoms. The molecule has 0 aliphatic carbocycles. The zero-order valence-corrected chi connectivity index (χ0v) is 14.2. The maximum atomic E-state index is 13.1. The molecule has 0 bridgehead atoms. The van der Waals surface area contributed by atoms with Crippen LogP contribution in [0.5, 0.6) is 0 Å². The van der Waals surface area contributed by atoms with Crippen LogP contribution in [0.3, 0.4) is 0 Å². The summed E-state index contributed by atoms with van der Waals surface area (Å²) in [6.07, 6.45) is -2.17. The van der Waals surface area contributed by atoms with Gasteiger partial charge in [-0.15, -0.1) is 0 Å². The molecule has 10 heteroatoms. The number of hydrogen-bond acceptors (Lipinski definition) is 4. The van der Waals surface area contributed by atoms with Crippen molar-refractivity contribution in [1.82, 2.24) is 15.2 Å². The van der Waals surface area contributed by atoms with Gasteiger partial charge in [0.25, 0.3) is 0 Å². The number of carbonyl (C=O) groups excluding carboxylic acids is 1. The number of nitrogen functional groups attached to an aromatic ring is 1. The van der Waals surface area contributed by atoms with Crippen molar-refractivity contribution in [2.45, 2.75) is 6.18 Å². The Bertz CT molecular complexity index is 1000. The largest absolute Gasteiger partial charge is 0.417 e. The summed E-state index contributed by atoms with van der Waals surface area (Å²) in [5.74, 6) is -0.636. The Kier molecular flexibility index (Phi) is 4.64. The molecule has 2 heterocycles. The van der Waals surface area contributed by atoms with Crippen LogP contribution in [0.15, 0.2) is 36.7 Å². The standard InChI is InChI=1S/C16H9Cl2F3N4O/c17-8-4-9(15(22)23-5-8)14(26)10-6-24-25-13(10)7-1-2-12(18)11(3-7)16(19,20)21/h1-6H,(H2,22,23)(H,24,25). The third-order valence-electron chi connectivity index (χ3n) is 3.57. The minimum absolute atomic E-state index is 0.0187. The molecule has 0 atom stereocenters. The molecule has 0 radical (unpaired) electrons. The Balaban J connectivity index is 2.10. The average Bonchev–Trinajstić information content (AvgIpc) is 3.05. The van der Waals surface area contributed by atoms with Gasteiger partial charge in [0.05, 0.1) is 38.6 Å². The van der Waals surface area contributed by atoms with Gasteiger partial charge in [-0.3, -0.25) is 9.89 Å². The molecule has 0 saturated carbocycles. The normalized spacial score (nSPS) is 11.6. The van der Waals surface area contributed by atoms with E-state index >= 15 is 0 Å². The molecule has 0 unspecified atom stereocenters. The summed E-state index contributed by atoms with van der Waals surface area (Å²) in [4.78, 5) is 16.5. The predicted octanol–water partition coefficient (Wildman–Crippen LogP) is 4.61. The Morgan fingerprint density at radius 1 is 1.12 bits per heavy atom. The number of hydrogen-bond donors (Lipinski definition) is 2. The quantitative estimate of drug-likeness (QED) is 0.628. The van der Waals surface area contributed by atoms with Gasteiger partial charge >= 0.3 is 6.18 Å². The van der Waals surface area contributed by atoms with E-state index in [1.54, 1.807) is 0 Å². The monoisotopic (exact) mass is 400 g/mol. The van der Waals surface area contributed by atoms with E-state index in [9.17, 15) is 18.0 Å². The van der Waals surface area contributed by atoms with Crippen molar-refractivity contribution >= 4 is 34.8 Å². The smallest absolute Gasteiger partial charge is 0.383 e. The van der Waals surface area contributed by atoms with Crippen LogP contribution in [-0.4, -0.2) is 21.0 Å². The summed E-state index contributed by atoms with van der Waals surface area (Å²) in [7, 11) is 0. The second kappa shape index (κ2) is 6.62. The van der Waals surface area contributed by atoms with E-state index in [0.717, 1.165) is 12.1 Å². The van der Waals surface area contributed by atoms with Crippen molar-refractivity contribution in [2.75, 3.05) is 5.73 Å². The van der Waals surface area contributed by atoms with Gasteiger partial charge in [0.2, 0.25) is 5.78 Å². The summed E-state index contributed by atoms with van der Waals surface area (Å²) in [6, 6.07) is 4.61. The van der Waals surface area contributed by atoms with E-state index in [0.29, 0.717) is 0 Å². The van der Waals surface area contributed by atoms with Gasteiger partial charge < -0.3 is 5.73 Å². The number of nitrogens with one attached hydrogen (secondary N) is 1. The highest BCUT2D eigenvalue weighted by atomic mass is 35.5. The molecule has 3 rings (SSSR count). The molecule has 0 amide bonds. The number of ketones is 1. The van der Waals surface area contributed by atoms with Crippen LogP contribution in [0.2, 0.25) is 10.0 Å². The third kappa shape index (κ3) is 3.38. The molecule has 0 aliphatic heterocycles. The summed E-state index contributed by atoms with van der Waals surface area (Å²) in [6.45, 7) is 0. The highest BCUT2D eigenvalue weighted by molar-refractivity contribution is 6.32. The number of rotatable bonds is 3. The van der Waals surface area contributed by atoms with E-state index in [2.05, 4.69) is 15.2 Å². The third-order valence-corrected chi connectivity index (χ3v) is 4.11. The SMILES string of the molecule is Nc1ncc(Cl)cc1C(=O)c1cn[nH]c1-c1ccc(Cl)c(C(F)(F)F)c1. The lowest BCUT2D eigenvalue weighted by Gasteiger charge is -2.11. The first kappa shape index (κ1) is 18.2. The van der Waals surface area contributed by atoms with E-state index < -0.39 is 22.5 Å². The van der Waals surface area contributed by atoms with Gasteiger partial charge in [0, 0.05) is 11.8 Å². The lowest BCUT2D eigenvalue weighted by molar-refractivity contribution is -0.137. The fraction of sp³-hybridized carbons (Fsp3) is 0.0625. The van der Waals surface area contributed by atoms with Crippen molar-refractivity contribution in [3.63, 3.8) is 0 Å². The first-order valence-electron chi connectivity index (χ1n) is 7.04. The molecule has 0 spiro atoms. The minimum Gasteiger partial charge on any atom is -0.383 e. The maximum Gasteiger partial charge on any atom is 0.417 e. The number of carbonyl (C=O) groups is 1. The topological polar surface area (TPSA) is 84.7 Å². The molecule has 1 aromatic carbocycles. The van der Waals surface area contributed by atoms with Crippen LogP contribution in [0.25, 0.3) is 11.3 Å². The van der Waals surface area contributed by atoms with Gasteiger partial charge in [0.1, 0.15) is 5.82 Å². The highest BCUT2D eigenvalue weighted by Crippen LogP contribution is 2.37. The molecule has 5 nitrogen and oxygen atoms in total. The summed E-state index contributed by atoms with van der Waals surface area (Å²) in [5.41, 5.74) is 4.91. The second-order valence-electron chi connectivity index (χ2n) is 5.27. The lowest BCUT2D eigenvalue weighted by Crippen LogP contribution is -2.08. The van der Waals surface area contributed by atoms with Crippen molar-refractivity contribution in [3.05, 3.63) is 63.4 Å². The number of nitrogens with two attached hydrogens (primary N) is 1. The molecule has 2 aromatic heterocycles. The molecular formula is C16H9Cl2F3N4O. The van der Waals surface area contributed by atoms with Crippen LogP contribution in [-0.2, 0) is 6.18 Å². The lowest BCUT2D eigenvalue weighted by atomic mass is 9.99. The van der Waals surface area contributed by atoms with E-state index in [1.165, 1.54) is 24.5 Å². The molecular weight excluding hydrogens is 392 g/mol. The number of aromatic nitrogens is 3. The fourth-order valence-corrected chi connectivity index (χ4v) is 2.74. The number of alkyl halides is 3. The van der Waals surface area contributed by atoms with Crippen molar-refractivity contribution in [2.24, 2.45) is 0 Å². The van der Waals surface area contributed by atoms with Crippen LogP contribution < -0.4 is 5.73 Å². The number of halogens is 5. The van der Waals surface area contributed by atoms with Gasteiger partial charge in [-0.25, -0.2) is 4.98 Å². The fourth-order valence-electron chi connectivity index (χ4n) is 2.35. The van der Waals surface area contributed by atoms with Crippen LogP contribution >= 0.6 is 23.2 Å². The number of benzene rings is 1. The predicted molar refractivity (Wildman–Crippen MR) is 91.1 cm³/mol. The highest BCUT2D eigenvalue weighted by Gasteiger charge is 2.34. The number of aromatic amines is 1. The maximum absolute atomic E-state index is 13.1. The van der Waals surface area contributed by atoms with Crippen molar-refractivity contribution in [1.29, 1.82) is 0 Å². The van der Waals surface area contributed by atoms with Crippen LogP contribution in [0.4, 0.5) is 19.0 Å². The zero-order valence-electron chi connectivity index (χ0n) is 12.7. The minimum atomic E-state index is -4.64. The number of anilines is 1. The Morgan fingerprint density at radius 3 is 2.54 bits per heavy atom. The summed E-state index contributed by atoms with van der Waals surface area (Å²) in [5, 5.41) is 6.03. The van der Waals surface area contributed by atoms with E-state index in [4.69, 9.17) is 28.9 Å². The Labute approximate surface area is 154 Å². The van der Waals surface area contributed by atoms with Crippen LogP contribution in [0.1, 0.15) is 21.5 Å². The average molecular weight is 401 g/mol.